The van der Waals surface area contributed by atoms with Gasteiger partial charge in [-0.05, 0) is 151 Å². The van der Waals surface area contributed by atoms with Gasteiger partial charge in [-0.15, -0.1) is 0 Å². The summed E-state index contributed by atoms with van der Waals surface area (Å²) in [4.78, 5) is 187. The fourth-order valence-electron chi connectivity index (χ4n) is 19.1. The molecule has 0 spiro atoms. The quantitative estimate of drug-likeness (QED) is 0.0501. The van der Waals surface area contributed by atoms with Crippen LogP contribution < -0.4 is 31.9 Å². The molecule has 0 aromatic carbocycles. The molecule has 12 fully saturated rings. The van der Waals surface area contributed by atoms with Gasteiger partial charge in [0.1, 0.15) is 71.0 Å². The van der Waals surface area contributed by atoms with Crippen LogP contribution >= 0.6 is 0 Å². The summed E-state index contributed by atoms with van der Waals surface area (Å²) in [5, 5.41) is 28.0. The number of Topliss-reactive ketones (excluding diaryl/α,β-unsaturated/α-hetero) is 5. The molecule has 30 atom stereocenters. The molecule has 11 aliphatic heterocycles. The number of hydrogen-bond donors (Lipinski definition) is 7. The number of ether oxygens (including phenoxy) is 19. The van der Waals surface area contributed by atoms with E-state index < -0.39 is 332 Å². The van der Waals surface area contributed by atoms with Crippen molar-refractivity contribution in [3.05, 3.63) is 0 Å². The molecule has 39 heteroatoms. The van der Waals surface area contributed by atoms with Crippen LogP contribution in [0.3, 0.4) is 0 Å². The monoisotopic (exact) mass is 1660 g/mol. The van der Waals surface area contributed by atoms with Crippen molar-refractivity contribution in [2.75, 3.05) is 7.11 Å². The number of aliphatic carboxylic acids is 1. The van der Waals surface area contributed by atoms with Gasteiger partial charge in [0.25, 0.3) is 0 Å². The first-order valence-corrected chi connectivity index (χ1v) is 39.9. The van der Waals surface area contributed by atoms with Crippen molar-refractivity contribution in [1.82, 2.24) is 31.9 Å². The number of alkyl carbamates (subject to hydrolysis) is 1. The van der Waals surface area contributed by atoms with Gasteiger partial charge < -0.3 is 127 Å². The summed E-state index contributed by atoms with van der Waals surface area (Å²) in [5.41, 5.74) is -1.06. The number of amides is 6. The number of methoxy groups -OCH3 is 1. The molecule has 0 radical (unpaired) electrons. The van der Waals surface area contributed by atoms with Crippen LogP contribution in [0.4, 0.5) is 4.79 Å². The van der Waals surface area contributed by atoms with Crippen molar-refractivity contribution in [2.45, 2.75) is 365 Å². The number of carbonyl (C=O) groups excluding carboxylic acids is 12. The Morgan fingerprint density at radius 2 is 0.590 bits per heavy atom. The third kappa shape index (κ3) is 19.7. The van der Waals surface area contributed by atoms with Crippen molar-refractivity contribution in [3.63, 3.8) is 0 Å². The van der Waals surface area contributed by atoms with E-state index in [9.17, 15) is 48.3 Å². The molecule has 117 heavy (non-hydrogen) atoms. The molecule has 12 aliphatic rings. The normalized spacial score (nSPS) is 37.9. The first kappa shape index (κ1) is 89.5. The van der Waals surface area contributed by atoms with E-state index in [1.165, 1.54) is 48.5 Å². The van der Waals surface area contributed by atoms with E-state index in [0.717, 1.165) is 7.11 Å². The summed E-state index contributed by atoms with van der Waals surface area (Å²) in [7, 11) is 1.15. The number of carboxylic acids is 1. The van der Waals surface area contributed by atoms with Gasteiger partial charge in [-0.1, -0.05) is 0 Å². The average Bonchev–Trinajstić information content (AvgIpc) is 1.63. The highest BCUT2D eigenvalue weighted by molar-refractivity contribution is 5.88. The Labute approximate surface area is 676 Å². The largest absolute Gasteiger partial charge is 0.481 e. The van der Waals surface area contributed by atoms with E-state index in [1.54, 1.807) is 90.0 Å². The Balaban J connectivity index is 0.858. The maximum Gasteiger partial charge on any atom is 0.407 e. The number of esters is 1. The van der Waals surface area contributed by atoms with Crippen LogP contribution in [0.2, 0.25) is 0 Å². The minimum Gasteiger partial charge on any atom is -0.481 e. The van der Waals surface area contributed by atoms with Crippen LogP contribution in [0.5, 0.6) is 0 Å². The molecule has 11 heterocycles. The number of carboxylic acid groups (broad SMARTS) is 1. The van der Waals surface area contributed by atoms with Gasteiger partial charge >= 0.3 is 18.0 Å². The second-order valence-corrected chi connectivity index (χ2v) is 36.4. The zero-order chi connectivity index (χ0) is 86.0. The molecule has 11 saturated heterocycles. The number of rotatable bonds is 30. The van der Waals surface area contributed by atoms with Crippen molar-refractivity contribution in [1.29, 1.82) is 0 Å². The third-order valence-electron chi connectivity index (χ3n) is 23.2. The predicted octanol–water partition coefficient (Wildman–Crippen LogP) is 1.47. The molecular weight excluding hydrogens is 1550 g/mol. The van der Waals surface area contributed by atoms with E-state index in [4.69, 9.17) is 90.0 Å². The van der Waals surface area contributed by atoms with Crippen molar-refractivity contribution >= 4 is 76.5 Å². The van der Waals surface area contributed by atoms with Gasteiger partial charge in [-0.3, -0.25) is 57.5 Å². The second-order valence-electron chi connectivity index (χ2n) is 36.4. The van der Waals surface area contributed by atoms with E-state index in [0.29, 0.717) is 0 Å². The third-order valence-corrected chi connectivity index (χ3v) is 23.2. The zero-order valence-electron chi connectivity index (χ0n) is 69.8. The highest BCUT2D eigenvalue weighted by Gasteiger charge is 2.66. The van der Waals surface area contributed by atoms with E-state index in [1.807, 2.05) is 0 Å². The second kappa shape index (κ2) is 33.2. The fraction of sp³-hybridized carbons (Fsp3) is 0.833. The van der Waals surface area contributed by atoms with Gasteiger partial charge in [0.2, 0.25) is 29.5 Å². The first-order valence-electron chi connectivity index (χ1n) is 39.9. The maximum absolute atomic E-state index is 15.6. The minimum atomic E-state index is -1.74. The smallest absolute Gasteiger partial charge is 0.407 e. The van der Waals surface area contributed by atoms with Gasteiger partial charge in [0.05, 0.1) is 116 Å². The first-order chi connectivity index (χ1) is 54.2. The lowest BCUT2D eigenvalue weighted by Gasteiger charge is -2.34. The lowest BCUT2D eigenvalue weighted by atomic mass is 9.83. The van der Waals surface area contributed by atoms with E-state index >= 15 is 19.2 Å². The Morgan fingerprint density at radius 1 is 0.342 bits per heavy atom. The van der Waals surface area contributed by atoms with Crippen LogP contribution in [-0.4, -0.2) is 270 Å². The number of fused-ring (bicyclic) bond motifs is 6. The molecule has 6 amide bonds. The van der Waals surface area contributed by atoms with Crippen LogP contribution in [0, 0.1) is 41.4 Å². The Hall–Kier alpha value is -6.77. The van der Waals surface area contributed by atoms with Crippen LogP contribution in [0.1, 0.15) is 183 Å². The number of nitrogens with one attached hydrogen (secondary N) is 6. The summed E-state index contributed by atoms with van der Waals surface area (Å²) in [5.74, 6) is -25.2. The number of hydrogen-bond acceptors (Lipinski definition) is 32. The molecule has 7 N–H and O–H groups in total. The SMILES string of the molecule is COC(=O)C[C@@H](NC(=O)C[C@@H](NC(=O)CC(NC(=O)CC(NC(=O)CC(NC(=O)CC(NC(=O)OC(C)(C)C)[C@H]1O[C@@H]2OC(C)(C)O[C@@H]2[C@H]1C(C)=O)[C@H]1O[C@@H]2OC(C)(C)O[C@@H]2[C@H]1C(C)=O)[C@H]1O[C@@H]2OC(C)(C)O[C@@H]2[C@H]1C(C)=O)[C@H]1O[C@@H]2OC(C)(C)O[C@@H]2[C@H]1C(=O)O)C1O[C@H]2OC(C)(C)O[C@H]2[C@@H]1C(C)=O)C1C[C@@H]2OC(C)(C)O[C@@H]2[C@H]1C(C)=O. The van der Waals surface area contributed by atoms with Gasteiger partial charge in [0.15, 0.2) is 66.2 Å². The molecule has 39 nitrogen and oxygen atoms in total. The highest BCUT2D eigenvalue weighted by Crippen LogP contribution is 2.51. The van der Waals surface area contributed by atoms with Gasteiger partial charge in [-0.25, -0.2) is 4.79 Å². The molecule has 0 bridgehead atoms. The van der Waals surface area contributed by atoms with Crippen molar-refractivity contribution in [2.24, 2.45) is 41.4 Å². The highest BCUT2D eigenvalue weighted by atomic mass is 16.9. The van der Waals surface area contributed by atoms with E-state index in [2.05, 4.69) is 31.9 Å². The van der Waals surface area contributed by atoms with E-state index in [-0.39, 0.29) is 12.2 Å². The Morgan fingerprint density at radius 3 is 0.855 bits per heavy atom. The Bertz CT molecular complexity index is 3870. The molecule has 0 aromatic rings. The van der Waals surface area contributed by atoms with Crippen LogP contribution in [-0.2, 0) is 148 Å². The van der Waals surface area contributed by atoms with Gasteiger partial charge in [-0.2, -0.15) is 0 Å². The fourth-order valence-corrected chi connectivity index (χ4v) is 19.1. The topological polar surface area (TPSA) is 490 Å². The minimum absolute atomic E-state index is 0.163. The average molecular weight is 1660 g/mol. The number of ketones is 5. The standard InChI is InChI=1S/C78H114N6O33/c1-29(85)48-34(22-41-59(48)106-73(9,10)105-41)35(28-47(95)99-21)79-42(90)23-36(54-49(30(2)86)60-66(100-54)112-74(11,12)107-60)80-45(93)26-39(58-53(65(96)97)64-70(104-58)116-78(19,20)111-64)83-44(92)25-37(55-50(31(3)87)61-67(101-55)113-75(13,14)108-61)81-43(91)24-38(56-51(32(4)88)62-68(102-56)114-76(15,16)109-62)82-46(94)27-40(84-71(98)117-72(6,7)8)57-52(33(5)89)63-69(103-57)115-77(17,18)110-63/h34-41,48-64,66-70H,22-28H2,1-21H3,(H,79,90)(H,80,93)(H,81,91)(H,82,94)(H,83,92)(H,84,98)(H,96,97)/t34?,35-,36-,37?,38?,39?,40?,41+,48+,49-,50+,51+,52+,53+,54?,55-,56-,57-,58-,59+,60+,61-,62-,63-,64-,66+,67-,68-,69-,70-/m1/s1. The molecule has 6 unspecified atom stereocenters. The summed E-state index contributed by atoms with van der Waals surface area (Å²) in [6.07, 6.45) is -26.0. The van der Waals surface area contributed by atoms with Crippen LogP contribution in [0.25, 0.3) is 0 Å². The zero-order valence-corrected chi connectivity index (χ0v) is 69.8. The number of carbonyl (C=O) groups is 13. The van der Waals surface area contributed by atoms with Crippen molar-refractivity contribution in [3.8, 4) is 0 Å². The molecule has 654 valence electrons. The molecule has 1 aliphatic carbocycles. The summed E-state index contributed by atoms with van der Waals surface area (Å²) in [6, 6.07) is -8.97. The molecular formula is C78H114N6O33. The van der Waals surface area contributed by atoms with Gasteiger partial charge in [0, 0.05) is 38.1 Å². The molecule has 1 saturated carbocycles. The lowest BCUT2D eigenvalue weighted by molar-refractivity contribution is -0.215. The molecule has 0 aromatic heterocycles. The Kier molecular flexibility index (Phi) is 25.4. The summed E-state index contributed by atoms with van der Waals surface area (Å²) in [6.45, 7) is 30.4. The lowest BCUT2D eigenvalue weighted by Crippen LogP contribution is -2.57. The van der Waals surface area contributed by atoms with Crippen LogP contribution in [0.15, 0.2) is 0 Å². The van der Waals surface area contributed by atoms with Crippen molar-refractivity contribution < 1.29 is 157 Å². The summed E-state index contributed by atoms with van der Waals surface area (Å²) < 4.78 is 116. The predicted molar refractivity (Wildman–Crippen MR) is 390 cm³/mol. The maximum atomic E-state index is 15.6. The summed E-state index contributed by atoms with van der Waals surface area (Å²) >= 11 is 0. The molecule has 12 rings (SSSR count).